The van der Waals surface area contributed by atoms with Gasteiger partial charge in [0.05, 0.1) is 18.1 Å². The summed E-state index contributed by atoms with van der Waals surface area (Å²) in [4.78, 5) is 9.98. The number of non-ortho nitro benzene ring substituents is 1. The van der Waals surface area contributed by atoms with Crippen molar-refractivity contribution in [1.29, 1.82) is 0 Å². The minimum absolute atomic E-state index is 0.0390. The first kappa shape index (κ1) is 11.5. The van der Waals surface area contributed by atoms with Crippen molar-refractivity contribution in [2.45, 2.75) is 20.0 Å². The molecule has 1 rings (SSSR count). The molecule has 0 saturated heterocycles. The van der Waals surface area contributed by atoms with Crippen LogP contribution in [0.4, 0.5) is 5.69 Å². The van der Waals surface area contributed by atoms with Gasteiger partial charge in [0.25, 0.3) is 5.69 Å². The fraction of sp³-hybridized carbons (Fsp3) is 0.400. The molecule has 0 atom stereocenters. The molecule has 0 aliphatic rings. The van der Waals surface area contributed by atoms with E-state index in [0.717, 1.165) is 6.42 Å². The second-order valence-electron chi connectivity index (χ2n) is 3.06. The molecule has 1 aromatic rings. The third-order valence-electron chi connectivity index (χ3n) is 1.89. The van der Waals surface area contributed by atoms with E-state index in [2.05, 4.69) is 0 Å². The summed E-state index contributed by atoms with van der Waals surface area (Å²) >= 11 is 0. The van der Waals surface area contributed by atoms with Crippen LogP contribution in [0, 0.1) is 10.1 Å². The predicted molar refractivity (Wildman–Crippen MR) is 54.8 cm³/mol. The molecule has 0 fully saturated rings. The van der Waals surface area contributed by atoms with E-state index in [-0.39, 0.29) is 12.3 Å². The lowest BCUT2D eigenvalue weighted by Crippen LogP contribution is -2.00. The lowest BCUT2D eigenvalue weighted by Gasteiger charge is -2.08. The fourth-order valence-electron chi connectivity index (χ4n) is 1.16. The Bertz CT molecular complexity index is 351. The van der Waals surface area contributed by atoms with Crippen LogP contribution in [-0.2, 0) is 6.61 Å². The van der Waals surface area contributed by atoms with Gasteiger partial charge in [-0.3, -0.25) is 10.1 Å². The Labute approximate surface area is 87.5 Å². The average Bonchev–Trinajstić information content (AvgIpc) is 2.25. The molecule has 0 bridgehead atoms. The van der Waals surface area contributed by atoms with Crippen LogP contribution in [0.25, 0.3) is 0 Å². The van der Waals surface area contributed by atoms with Gasteiger partial charge in [-0.2, -0.15) is 0 Å². The first-order valence-electron chi connectivity index (χ1n) is 4.70. The summed E-state index contributed by atoms with van der Waals surface area (Å²) in [6.07, 6.45) is 0.849. The third kappa shape index (κ3) is 2.92. The standard InChI is InChI=1S/C10H13NO4/c1-2-5-15-10-4-3-9(11(13)14)6-8(10)7-12/h3-4,6,12H,2,5,7H2,1H3. The highest BCUT2D eigenvalue weighted by molar-refractivity contribution is 5.43. The van der Waals surface area contributed by atoms with Crippen molar-refractivity contribution in [1.82, 2.24) is 0 Å². The van der Waals surface area contributed by atoms with Gasteiger partial charge >= 0.3 is 0 Å². The maximum atomic E-state index is 10.5. The molecule has 1 aromatic carbocycles. The van der Waals surface area contributed by atoms with Gasteiger partial charge in [-0.25, -0.2) is 0 Å². The van der Waals surface area contributed by atoms with Crippen LogP contribution in [-0.4, -0.2) is 16.6 Å². The number of aliphatic hydroxyl groups excluding tert-OH is 1. The van der Waals surface area contributed by atoms with Crippen LogP contribution in [0.5, 0.6) is 5.75 Å². The first-order valence-corrected chi connectivity index (χ1v) is 4.70. The van der Waals surface area contributed by atoms with Gasteiger partial charge < -0.3 is 9.84 Å². The Hall–Kier alpha value is -1.62. The highest BCUT2D eigenvalue weighted by Crippen LogP contribution is 2.24. The topological polar surface area (TPSA) is 72.6 Å². The zero-order chi connectivity index (χ0) is 11.3. The molecule has 0 radical (unpaired) electrons. The molecular weight excluding hydrogens is 198 g/mol. The van der Waals surface area contributed by atoms with Crippen molar-refractivity contribution in [2.75, 3.05) is 6.61 Å². The van der Waals surface area contributed by atoms with Gasteiger partial charge in [-0.05, 0) is 12.5 Å². The summed E-state index contributed by atoms with van der Waals surface area (Å²) in [5.74, 6) is 0.505. The number of ether oxygens (including phenoxy) is 1. The molecule has 0 aliphatic heterocycles. The van der Waals surface area contributed by atoms with Gasteiger partial charge in [0.2, 0.25) is 0 Å². The maximum Gasteiger partial charge on any atom is 0.270 e. The van der Waals surface area contributed by atoms with E-state index < -0.39 is 4.92 Å². The van der Waals surface area contributed by atoms with Gasteiger partial charge in [-0.15, -0.1) is 0 Å². The Kier molecular flexibility index (Phi) is 4.05. The minimum atomic E-state index is -0.497. The number of nitro benzene ring substituents is 1. The number of hydrogen-bond acceptors (Lipinski definition) is 4. The molecule has 0 saturated carbocycles. The lowest BCUT2D eigenvalue weighted by atomic mass is 10.2. The Morgan fingerprint density at radius 3 is 2.80 bits per heavy atom. The van der Waals surface area contributed by atoms with Crippen LogP contribution in [0.2, 0.25) is 0 Å². The fourth-order valence-corrected chi connectivity index (χ4v) is 1.16. The Balaban J connectivity index is 2.93. The van der Waals surface area contributed by atoms with E-state index in [1.165, 1.54) is 18.2 Å². The monoisotopic (exact) mass is 211 g/mol. The number of nitro groups is 1. The van der Waals surface area contributed by atoms with E-state index in [4.69, 9.17) is 9.84 Å². The zero-order valence-corrected chi connectivity index (χ0v) is 8.47. The van der Waals surface area contributed by atoms with E-state index >= 15 is 0 Å². The SMILES string of the molecule is CCCOc1ccc([N+](=O)[O-])cc1CO. The second-order valence-corrected chi connectivity index (χ2v) is 3.06. The molecule has 82 valence electrons. The predicted octanol–water partition coefficient (Wildman–Crippen LogP) is 1.88. The highest BCUT2D eigenvalue weighted by Gasteiger charge is 2.10. The van der Waals surface area contributed by atoms with Crippen LogP contribution in [0.3, 0.4) is 0 Å². The maximum absolute atomic E-state index is 10.5. The summed E-state index contributed by atoms with van der Waals surface area (Å²) in [7, 11) is 0. The van der Waals surface area contributed by atoms with E-state index in [0.29, 0.717) is 17.9 Å². The van der Waals surface area contributed by atoms with Crippen LogP contribution < -0.4 is 4.74 Å². The highest BCUT2D eigenvalue weighted by atomic mass is 16.6. The summed E-state index contributed by atoms with van der Waals surface area (Å²) in [6, 6.07) is 4.20. The molecule has 0 aliphatic carbocycles. The molecule has 15 heavy (non-hydrogen) atoms. The summed E-state index contributed by atoms with van der Waals surface area (Å²) in [5, 5.41) is 19.5. The molecule has 0 spiro atoms. The van der Waals surface area contributed by atoms with Crippen LogP contribution in [0.1, 0.15) is 18.9 Å². The normalized spacial score (nSPS) is 10.0. The molecule has 0 heterocycles. The Morgan fingerprint density at radius 2 is 2.27 bits per heavy atom. The van der Waals surface area contributed by atoms with Crippen LogP contribution in [0.15, 0.2) is 18.2 Å². The van der Waals surface area contributed by atoms with Gasteiger partial charge in [0.15, 0.2) is 0 Å². The molecule has 5 nitrogen and oxygen atoms in total. The van der Waals surface area contributed by atoms with Crippen LogP contribution >= 0.6 is 0 Å². The van der Waals surface area contributed by atoms with Crippen molar-refractivity contribution in [3.05, 3.63) is 33.9 Å². The number of aliphatic hydroxyl groups is 1. The smallest absolute Gasteiger partial charge is 0.270 e. The number of benzene rings is 1. The summed E-state index contributed by atoms with van der Waals surface area (Å²) < 4.78 is 5.33. The van der Waals surface area contributed by atoms with Crippen molar-refractivity contribution in [3.8, 4) is 5.75 Å². The number of nitrogens with zero attached hydrogens (tertiary/aromatic N) is 1. The van der Waals surface area contributed by atoms with Gasteiger partial charge in [-0.1, -0.05) is 6.92 Å². The van der Waals surface area contributed by atoms with Crippen molar-refractivity contribution >= 4 is 5.69 Å². The molecule has 1 N–H and O–H groups in total. The molecular formula is C10H13NO4. The first-order chi connectivity index (χ1) is 7.19. The largest absolute Gasteiger partial charge is 0.493 e. The molecule has 0 unspecified atom stereocenters. The van der Waals surface area contributed by atoms with E-state index in [1.54, 1.807) is 0 Å². The van der Waals surface area contributed by atoms with Crippen molar-refractivity contribution in [3.63, 3.8) is 0 Å². The summed E-state index contributed by atoms with van der Waals surface area (Å²) in [5.41, 5.74) is 0.403. The lowest BCUT2D eigenvalue weighted by molar-refractivity contribution is -0.385. The minimum Gasteiger partial charge on any atom is -0.493 e. The van der Waals surface area contributed by atoms with Crippen molar-refractivity contribution in [2.24, 2.45) is 0 Å². The van der Waals surface area contributed by atoms with Crippen molar-refractivity contribution < 1.29 is 14.8 Å². The second kappa shape index (κ2) is 5.31. The summed E-state index contributed by atoms with van der Waals surface area (Å²) in [6.45, 7) is 2.23. The average molecular weight is 211 g/mol. The zero-order valence-electron chi connectivity index (χ0n) is 8.47. The van der Waals surface area contributed by atoms with E-state index in [9.17, 15) is 10.1 Å². The molecule has 0 aromatic heterocycles. The van der Waals surface area contributed by atoms with Gasteiger partial charge in [0.1, 0.15) is 5.75 Å². The molecule has 0 amide bonds. The number of hydrogen-bond donors (Lipinski definition) is 1. The van der Waals surface area contributed by atoms with E-state index in [1.807, 2.05) is 6.92 Å². The quantitative estimate of drug-likeness (QED) is 0.596. The molecule has 5 heteroatoms. The van der Waals surface area contributed by atoms with Gasteiger partial charge in [0, 0.05) is 17.7 Å². The number of rotatable bonds is 5. The third-order valence-corrected chi connectivity index (χ3v) is 1.89. The Morgan fingerprint density at radius 1 is 1.53 bits per heavy atom.